The molecule has 0 unspecified atom stereocenters. The number of benzene rings is 1. The standard InChI is InChI=1S/C21H25N3O3/c1-23-14-16(19(26)24(2)20(23)27)10-11-18(25)22-15-21(12-6-7-13-21)17-8-4-3-5-9-17/h3-5,8-11,14H,6-7,12-13,15H2,1-2H3,(H,22,25)/b11-10+. The molecule has 1 aromatic carbocycles. The number of rotatable bonds is 5. The summed E-state index contributed by atoms with van der Waals surface area (Å²) in [6, 6.07) is 10.3. The van der Waals surface area contributed by atoms with E-state index in [1.165, 1.54) is 35.5 Å². The van der Waals surface area contributed by atoms with Crippen LogP contribution in [0.3, 0.4) is 0 Å². The van der Waals surface area contributed by atoms with Crippen molar-refractivity contribution in [3.8, 4) is 0 Å². The second kappa shape index (κ2) is 7.78. The van der Waals surface area contributed by atoms with E-state index in [0.29, 0.717) is 12.1 Å². The number of carbonyl (C=O) groups is 1. The summed E-state index contributed by atoms with van der Waals surface area (Å²) in [5.74, 6) is -0.242. The molecule has 1 heterocycles. The molecule has 1 N–H and O–H groups in total. The van der Waals surface area contributed by atoms with Gasteiger partial charge in [-0.3, -0.25) is 14.2 Å². The maximum absolute atomic E-state index is 12.3. The predicted octanol–water partition coefficient (Wildman–Crippen LogP) is 1.73. The minimum Gasteiger partial charge on any atom is -0.352 e. The minimum absolute atomic E-state index is 0.0163. The molecule has 1 saturated carbocycles. The summed E-state index contributed by atoms with van der Waals surface area (Å²) in [5, 5.41) is 2.99. The van der Waals surface area contributed by atoms with Crippen LogP contribution in [0.25, 0.3) is 6.08 Å². The fourth-order valence-electron chi connectivity index (χ4n) is 3.84. The van der Waals surface area contributed by atoms with Crippen LogP contribution >= 0.6 is 0 Å². The van der Waals surface area contributed by atoms with Gasteiger partial charge in [-0.05, 0) is 24.5 Å². The van der Waals surface area contributed by atoms with E-state index < -0.39 is 11.2 Å². The van der Waals surface area contributed by atoms with Crippen molar-refractivity contribution in [3.63, 3.8) is 0 Å². The average molecular weight is 367 g/mol. The lowest BCUT2D eigenvalue weighted by Gasteiger charge is -2.29. The molecule has 2 aromatic rings. The fourth-order valence-corrected chi connectivity index (χ4v) is 3.84. The van der Waals surface area contributed by atoms with E-state index in [2.05, 4.69) is 17.4 Å². The normalized spacial score (nSPS) is 15.9. The van der Waals surface area contributed by atoms with Crippen molar-refractivity contribution in [1.29, 1.82) is 0 Å². The van der Waals surface area contributed by atoms with Crippen molar-refractivity contribution >= 4 is 12.0 Å². The largest absolute Gasteiger partial charge is 0.352 e. The smallest absolute Gasteiger partial charge is 0.330 e. The second-order valence-corrected chi connectivity index (χ2v) is 7.25. The molecular formula is C21H25N3O3. The second-order valence-electron chi connectivity index (χ2n) is 7.25. The van der Waals surface area contributed by atoms with Crippen molar-refractivity contribution in [2.24, 2.45) is 14.1 Å². The number of carbonyl (C=O) groups excluding carboxylic acids is 1. The van der Waals surface area contributed by atoms with E-state index in [-0.39, 0.29) is 11.3 Å². The molecule has 6 nitrogen and oxygen atoms in total. The molecule has 0 saturated heterocycles. The van der Waals surface area contributed by atoms with Crippen LogP contribution in [0.4, 0.5) is 0 Å². The number of hydrogen-bond acceptors (Lipinski definition) is 3. The Morgan fingerprint density at radius 1 is 1.15 bits per heavy atom. The average Bonchev–Trinajstić information content (AvgIpc) is 3.17. The molecule has 1 amide bonds. The molecule has 1 fully saturated rings. The molecule has 0 bridgehead atoms. The predicted molar refractivity (Wildman–Crippen MR) is 106 cm³/mol. The lowest BCUT2D eigenvalue weighted by atomic mass is 9.79. The van der Waals surface area contributed by atoms with Gasteiger partial charge in [0.25, 0.3) is 5.56 Å². The Labute approximate surface area is 158 Å². The molecule has 27 heavy (non-hydrogen) atoms. The Hall–Kier alpha value is -2.89. The number of aromatic nitrogens is 2. The summed E-state index contributed by atoms with van der Waals surface area (Å²) in [5.41, 5.74) is 0.732. The summed E-state index contributed by atoms with van der Waals surface area (Å²) in [6.45, 7) is 0.575. The Balaban J connectivity index is 1.72. The van der Waals surface area contributed by atoms with Gasteiger partial charge in [-0.2, -0.15) is 0 Å². The highest BCUT2D eigenvalue weighted by atomic mass is 16.2. The van der Waals surface area contributed by atoms with Gasteiger partial charge in [0.2, 0.25) is 5.91 Å². The topological polar surface area (TPSA) is 73.1 Å². The van der Waals surface area contributed by atoms with E-state index in [9.17, 15) is 14.4 Å². The molecule has 0 atom stereocenters. The van der Waals surface area contributed by atoms with Crippen LogP contribution in [-0.2, 0) is 24.3 Å². The zero-order chi connectivity index (χ0) is 19.4. The first kappa shape index (κ1) is 18.9. The molecule has 6 heteroatoms. The van der Waals surface area contributed by atoms with E-state index in [0.717, 1.165) is 30.3 Å². The number of amides is 1. The van der Waals surface area contributed by atoms with Gasteiger partial charge in [0.1, 0.15) is 0 Å². The molecule has 142 valence electrons. The Kier molecular flexibility index (Phi) is 5.44. The third kappa shape index (κ3) is 3.94. The van der Waals surface area contributed by atoms with Crippen LogP contribution in [0.2, 0.25) is 0 Å². The van der Waals surface area contributed by atoms with Crippen LogP contribution in [0.5, 0.6) is 0 Å². The van der Waals surface area contributed by atoms with E-state index in [1.54, 1.807) is 7.05 Å². The highest BCUT2D eigenvalue weighted by molar-refractivity contribution is 5.91. The highest BCUT2D eigenvalue weighted by Gasteiger charge is 2.35. The lowest BCUT2D eigenvalue weighted by molar-refractivity contribution is -0.116. The molecule has 0 aliphatic heterocycles. The van der Waals surface area contributed by atoms with Crippen LogP contribution in [0.1, 0.15) is 36.8 Å². The van der Waals surface area contributed by atoms with E-state index >= 15 is 0 Å². The quantitative estimate of drug-likeness (QED) is 0.818. The van der Waals surface area contributed by atoms with Gasteiger partial charge in [-0.25, -0.2) is 4.79 Å². The zero-order valence-corrected chi connectivity index (χ0v) is 15.8. The van der Waals surface area contributed by atoms with Crippen LogP contribution in [0, 0.1) is 0 Å². The van der Waals surface area contributed by atoms with Crippen molar-refractivity contribution < 1.29 is 4.79 Å². The number of nitrogens with one attached hydrogen (secondary N) is 1. The molecule has 1 aliphatic carbocycles. The van der Waals surface area contributed by atoms with E-state index in [1.807, 2.05) is 18.2 Å². The van der Waals surface area contributed by atoms with Gasteiger partial charge in [0.15, 0.2) is 0 Å². The first-order chi connectivity index (χ1) is 12.9. The third-order valence-electron chi connectivity index (χ3n) is 5.44. The molecule has 0 spiro atoms. The number of hydrogen-bond donors (Lipinski definition) is 1. The van der Waals surface area contributed by atoms with Crippen molar-refractivity contribution in [1.82, 2.24) is 14.5 Å². The molecule has 3 rings (SSSR count). The van der Waals surface area contributed by atoms with Gasteiger partial charge in [-0.1, -0.05) is 43.2 Å². The van der Waals surface area contributed by atoms with Crippen LogP contribution in [0.15, 0.2) is 52.2 Å². The van der Waals surface area contributed by atoms with Gasteiger partial charge >= 0.3 is 5.69 Å². The van der Waals surface area contributed by atoms with Gasteiger partial charge in [0.05, 0.1) is 5.56 Å². The molecule has 1 aromatic heterocycles. The van der Waals surface area contributed by atoms with Crippen molar-refractivity contribution in [3.05, 3.63) is 74.6 Å². The summed E-state index contributed by atoms with van der Waals surface area (Å²) in [6.07, 6.45) is 8.70. The van der Waals surface area contributed by atoms with Gasteiger partial charge < -0.3 is 9.88 Å². The monoisotopic (exact) mass is 367 g/mol. The zero-order valence-electron chi connectivity index (χ0n) is 15.8. The summed E-state index contributed by atoms with van der Waals surface area (Å²) < 4.78 is 2.35. The minimum atomic E-state index is -0.418. The Morgan fingerprint density at radius 2 is 1.81 bits per heavy atom. The van der Waals surface area contributed by atoms with Crippen LogP contribution < -0.4 is 16.6 Å². The van der Waals surface area contributed by atoms with Crippen LogP contribution in [-0.4, -0.2) is 21.6 Å². The molecule has 0 radical (unpaired) electrons. The first-order valence-corrected chi connectivity index (χ1v) is 9.21. The maximum atomic E-state index is 12.3. The summed E-state index contributed by atoms with van der Waals surface area (Å²) >= 11 is 0. The molecular weight excluding hydrogens is 342 g/mol. The Bertz CT molecular complexity index is 964. The third-order valence-corrected chi connectivity index (χ3v) is 5.44. The van der Waals surface area contributed by atoms with Crippen molar-refractivity contribution in [2.45, 2.75) is 31.1 Å². The maximum Gasteiger partial charge on any atom is 0.330 e. The highest BCUT2D eigenvalue weighted by Crippen LogP contribution is 2.40. The summed E-state index contributed by atoms with van der Waals surface area (Å²) in [4.78, 5) is 36.2. The van der Waals surface area contributed by atoms with Gasteiger partial charge in [-0.15, -0.1) is 0 Å². The Morgan fingerprint density at radius 3 is 2.48 bits per heavy atom. The molecule has 1 aliphatic rings. The number of aryl methyl sites for hydroxylation is 1. The van der Waals surface area contributed by atoms with E-state index in [4.69, 9.17) is 0 Å². The lowest BCUT2D eigenvalue weighted by Crippen LogP contribution is -2.38. The summed E-state index contributed by atoms with van der Waals surface area (Å²) in [7, 11) is 2.99. The van der Waals surface area contributed by atoms with Gasteiger partial charge in [0, 0.05) is 38.3 Å². The fraction of sp³-hybridized carbons (Fsp3) is 0.381. The first-order valence-electron chi connectivity index (χ1n) is 9.21. The van der Waals surface area contributed by atoms with Crippen molar-refractivity contribution in [2.75, 3.05) is 6.54 Å². The SMILES string of the molecule is Cn1cc(/C=C/C(=O)NCC2(c3ccccc3)CCCC2)c(=O)n(C)c1=O. The number of nitrogens with zero attached hydrogens (tertiary/aromatic N) is 2.